The number of piperazine rings is 1. The molecule has 106 valence electrons. The Hall–Kier alpha value is -2.02. The lowest BCUT2D eigenvalue weighted by molar-refractivity contribution is 0.146. The summed E-state index contributed by atoms with van der Waals surface area (Å²) in [6.07, 6.45) is -1.14. The normalized spacial score (nSPS) is 15.8. The fourth-order valence-electron chi connectivity index (χ4n) is 2.12. The van der Waals surface area contributed by atoms with Crippen molar-refractivity contribution in [3.8, 4) is 11.5 Å². The summed E-state index contributed by atoms with van der Waals surface area (Å²) >= 11 is 0. The molecule has 1 N–H and O–H groups in total. The first-order valence-corrected chi connectivity index (χ1v) is 6.41. The van der Waals surface area contributed by atoms with E-state index in [-0.39, 0.29) is 5.69 Å². The van der Waals surface area contributed by atoms with Crippen molar-refractivity contribution in [2.24, 2.45) is 0 Å². The van der Waals surface area contributed by atoms with E-state index in [2.05, 4.69) is 15.3 Å². The van der Waals surface area contributed by atoms with Crippen molar-refractivity contribution in [3.05, 3.63) is 30.2 Å². The van der Waals surface area contributed by atoms with Crippen LogP contribution >= 0.6 is 0 Å². The highest BCUT2D eigenvalue weighted by Crippen LogP contribution is 2.26. The van der Waals surface area contributed by atoms with Crippen molar-refractivity contribution in [1.29, 1.82) is 0 Å². The quantitative estimate of drug-likeness (QED) is 0.933. The van der Waals surface area contributed by atoms with Crippen LogP contribution in [0.4, 0.5) is 14.7 Å². The van der Waals surface area contributed by atoms with Gasteiger partial charge >= 0.3 is 0 Å². The molecule has 0 unspecified atom stereocenters. The van der Waals surface area contributed by atoms with E-state index in [0.717, 1.165) is 13.1 Å². The second kappa shape index (κ2) is 5.54. The van der Waals surface area contributed by atoms with Crippen molar-refractivity contribution in [3.63, 3.8) is 0 Å². The second-order valence-electron chi connectivity index (χ2n) is 4.49. The first-order valence-electron chi connectivity index (χ1n) is 6.41. The van der Waals surface area contributed by atoms with E-state index in [1.807, 2.05) is 4.90 Å². The van der Waals surface area contributed by atoms with Gasteiger partial charge in [0.15, 0.2) is 5.76 Å². The fraction of sp³-hybridized carbons (Fsp3) is 0.385. The molecule has 3 heterocycles. The standard InChI is InChI=1S/C13H14F2N4O/c14-12(15)10-8-9(11-2-1-7-20-11)17-13(18-10)19-5-3-16-4-6-19/h1-2,7-8,12,16H,3-6H2. The highest BCUT2D eigenvalue weighted by molar-refractivity contribution is 5.55. The number of nitrogens with one attached hydrogen (secondary N) is 1. The molecule has 0 spiro atoms. The molecule has 3 rings (SSSR count). The van der Waals surface area contributed by atoms with Crippen molar-refractivity contribution in [2.75, 3.05) is 31.1 Å². The Bertz CT molecular complexity index is 568. The van der Waals surface area contributed by atoms with Crippen LogP contribution in [0.3, 0.4) is 0 Å². The van der Waals surface area contributed by atoms with Crippen molar-refractivity contribution < 1.29 is 13.2 Å². The van der Waals surface area contributed by atoms with Gasteiger partial charge in [-0.1, -0.05) is 0 Å². The van der Waals surface area contributed by atoms with Gasteiger partial charge in [0, 0.05) is 26.2 Å². The van der Waals surface area contributed by atoms with Crippen LogP contribution in [0.25, 0.3) is 11.5 Å². The molecule has 0 saturated carbocycles. The van der Waals surface area contributed by atoms with E-state index in [1.54, 1.807) is 12.1 Å². The molecule has 1 saturated heterocycles. The average Bonchev–Trinajstić information content (AvgIpc) is 3.02. The minimum atomic E-state index is -2.63. The van der Waals surface area contributed by atoms with E-state index in [1.165, 1.54) is 12.3 Å². The van der Waals surface area contributed by atoms with Crippen LogP contribution in [0.15, 0.2) is 28.9 Å². The number of nitrogens with zero attached hydrogens (tertiary/aromatic N) is 3. The molecule has 5 nitrogen and oxygen atoms in total. The molecule has 0 aromatic carbocycles. The molecule has 1 fully saturated rings. The van der Waals surface area contributed by atoms with Gasteiger partial charge in [0.2, 0.25) is 5.95 Å². The molecule has 0 atom stereocenters. The number of anilines is 1. The van der Waals surface area contributed by atoms with E-state index >= 15 is 0 Å². The number of alkyl halides is 2. The van der Waals surface area contributed by atoms with Gasteiger partial charge in [0.1, 0.15) is 11.4 Å². The molecule has 2 aromatic heterocycles. The van der Waals surface area contributed by atoms with Gasteiger partial charge in [-0.3, -0.25) is 0 Å². The van der Waals surface area contributed by atoms with Crippen molar-refractivity contribution >= 4 is 5.95 Å². The van der Waals surface area contributed by atoms with Crippen LogP contribution in [-0.2, 0) is 0 Å². The van der Waals surface area contributed by atoms with Crippen LogP contribution in [-0.4, -0.2) is 36.1 Å². The van der Waals surface area contributed by atoms with Crippen LogP contribution in [0.1, 0.15) is 12.1 Å². The summed E-state index contributed by atoms with van der Waals surface area (Å²) in [5.74, 6) is 0.793. The third-order valence-electron chi connectivity index (χ3n) is 3.13. The first kappa shape index (κ1) is 13.0. The van der Waals surface area contributed by atoms with Gasteiger partial charge in [-0.2, -0.15) is 0 Å². The molecular weight excluding hydrogens is 266 g/mol. The molecule has 1 aliphatic rings. The van der Waals surface area contributed by atoms with Gasteiger partial charge in [0.25, 0.3) is 6.43 Å². The third-order valence-corrected chi connectivity index (χ3v) is 3.13. The summed E-state index contributed by atoms with van der Waals surface area (Å²) in [7, 11) is 0. The zero-order valence-corrected chi connectivity index (χ0v) is 10.7. The van der Waals surface area contributed by atoms with E-state index in [0.29, 0.717) is 30.5 Å². The summed E-state index contributed by atoms with van der Waals surface area (Å²) in [6, 6.07) is 4.66. The number of hydrogen-bond acceptors (Lipinski definition) is 5. The van der Waals surface area contributed by atoms with E-state index in [9.17, 15) is 8.78 Å². The topological polar surface area (TPSA) is 54.2 Å². The molecule has 20 heavy (non-hydrogen) atoms. The van der Waals surface area contributed by atoms with Gasteiger partial charge in [0.05, 0.1) is 6.26 Å². The minimum Gasteiger partial charge on any atom is -0.463 e. The highest BCUT2D eigenvalue weighted by Gasteiger charge is 2.19. The third kappa shape index (κ3) is 2.62. The van der Waals surface area contributed by atoms with Gasteiger partial charge in [-0.15, -0.1) is 0 Å². The predicted molar refractivity (Wildman–Crippen MR) is 69.8 cm³/mol. The Balaban J connectivity index is 2.00. The highest BCUT2D eigenvalue weighted by atomic mass is 19.3. The molecular formula is C13H14F2N4O. The Morgan fingerprint density at radius 1 is 1.25 bits per heavy atom. The zero-order chi connectivity index (χ0) is 13.9. The molecule has 0 radical (unpaired) electrons. The minimum absolute atomic E-state index is 0.278. The number of rotatable bonds is 3. The maximum atomic E-state index is 13.0. The van der Waals surface area contributed by atoms with Crippen molar-refractivity contribution in [1.82, 2.24) is 15.3 Å². The van der Waals surface area contributed by atoms with E-state index < -0.39 is 6.43 Å². The molecule has 0 bridgehead atoms. The summed E-state index contributed by atoms with van der Waals surface area (Å²) in [4.78, 5) is 10.2. The predicted octanol–water partition coefficient (Wildman–Crippen LogP) is 2.08. The van der Waals surface area contributed by atoms with Crippen LogP contribution in [0.2, 0.25) is 0 Å². The van der Waals surface area contributed by atoms with Gasteiger partial charge < -0.3 is 14.6 Å². The SMILES string of the molecule is FC(F)c1cc(-c2ccco2)nc(N2CCNCC2)n1. The largest absolute Gasteiger partial charge is 0.463 e. The molecule has 0 aliphatic carbocycles. The number of aromatic nitrogens is 2. The Kier molecular flexibility index (Phi) is 3.60. The number of hydrogen-bond donors (Lipinski definition) is 1. The van der Waals surface area contributed by atoms with Crippen LogP contribution in [0, 0.1) is 0 Å². The summed E-state index contributed by atoms with van der Waals surface area (Å²) < 4.78 is 31.2. The fourth-order valence-corrected chi connectivity index (χ4v) is 2.12. The smallest absolute Gasteiger partial charge is 0.280 e. The maximum absolute atomic E-state index is 13.0. The second-order valence-corrected chi connectivity index (χ2v) is 4.49. The number of furan rings is 1. The summed E-state index contributed by atoms with van der Waals surface area (Å²) in [5.41, 5.74) is 0.105. The number of halogens is 2. The lowest BCUT2D eigenvalue weighted by Gasteiger charge is -2.27. The molecule has 2 aromatic rings. The monoisotopic (exact) mass is 280 g/mol. The first-order chi connectivity index (χ1) is 9.74. The summed E-state index contributed by atoms with van der Waals surface area (Å²) in [5, 5.41) is 3.20. The summed E-state index contributed by atoms with van der Waals surface area (Å²) in [6.45, 7) is 2.98. The lowest BCUT2D eigenvalue weighted by atomic mass is 10.2. The zero-order valence-electron chi connectivity index (χ0n) is 10.7. The van der Waals surface area contributed by atoms with Crippen molar-refractivity contribution in [2.45, 2.75) is 6.43 Å². The lowest BCUT2D eigenvalue weighted by Crippen LogP contribution is -2.44. The Morgan fingerprint density at radius 2 is 2.05 bits per heavy atom. The van der Waals surface area contributed by atoms with E-state index in [4.69, 9.17) is 4.42 Å². The Labute approximate surface area is 114 Å². The molecule has 7 heteroatoms. The van der Waals surface area contributed by atoms with Gasteiger partial charge in [-0.25, -0.2) is 18.7 Å². The van der Waals surface area contributed by atoms with Crippen LogP contribution in [0.5, 0.6) is 0 Å². The average molecular weight is 280 g/mol. The molecule has 1 aliphatic heterocycles. The molecule has 0 amide bonds. The van der Waals surface area contributed by atoms with Crippen LogP contribution < -0.4 is 10.2 Å². The Morgan fingerprint density at radius 3 is 2.70 bits per heavy atom. The van der Waals surface area contributed by atoms with Gasteiger partial charge in [-0.05, 0) is 18.2 Å². The maximum Gasteiger partial charge on any atom is 0.280 e.